The molecule has 3 nitrogen and oxygen atoms in total. The van der Waals surface area contributed by atoms with Crippen LogP contribution >= 0.6 is 11.3 Å². The molecule has 0 aliphatic carbocycles. The van der Waals surface area contributed by atoms with Crippen LogP contribution in [-0.2, 0) is 10.0 Å². The normalized spacial score (nSPS) is 17.8. The standard InChI is InChI=1S/C18H21NO2S2/c1-15-2-4-16(5-3-15)9-13-23(20,21)19-10-6-17(7-11-19)18-8-12-22-14-18/h2-5,8-9,12-14,17H,6-7,10-11H2,1H3/b13-9+. The van der Waals surface area contributed by atoms with Crippen molar-refractivity contribution in [2.24, 2.45) is 0 Å². The van der Waals surface area contributed by atoms with Crippen LogP contribution in [0.4, 0.5) is 0 Å². The minimum atomic E-state index is -3.33. The van der Waals surface area contributed by atoms with Crippen molar-refractivity contribution in [3.63, 3.8) is 0 Å². The number of rotatable bonds is 4. The molecule has 0 atom stereocenters. The summed E-state index contributed by atoms with van der Waals surface area (Å²) in [4.78, 5) is 0. The molecule has 0 N–H and O–H groups in total. The SMILES string of the molecule is Cc1ccc(/C=C/S(=O)(=O)N2CCC(c3ccsc3)CC2)cc1. The van der Waals surface area contributed by atoms with Gasteiger partial charge >= 0.3 is 0 Å². The molecule has 1 aliphatic heterocycles. The number of aryl methyl sites for hydroxylation is 1. The van der Waals surface area contributed by atoms with Crippen molar-refractivity contribution in [2.45, 2.75) is 25.7 Å². The molecule has 0 saturated carbocycles. The van der Waals surface area contributed by atoms with Gasteiger partial charge in [-0.25, -0.2) is 8.42 Å². The van der Waals surface area contributed by atoms with Crippen molar-refractivity contribution in [1.29, 1.82) is 0 Å². The molecular weight excluding hydrogens is 326 g/mol. The molecule has 0 radical (unpaired) electrons. The molecule has 0 unspecified atom stereocenters. The molecule has 1 saturated heterocycles. The monoisotopic (exact) mass is 347 g/mol. The Balaban J connectivity index is 1.63. The topological polar surface area (TPSA) is 37.4 Å². The van der Waals surface area contributed by atoms with Crippen LogP contribution in [0.1, 0.15) is 35.4 Å². The summed E-state index contributed by atoms with van der Waals surface area (Å²) >= 11 is 1.70. The zero-order chi connectivity index (χ0) is 16.3. The zero-order valence-corrected chi connectivity index (χ0v) is 14.8. The molecule has 0 bridgehead atoms. The number of nitrogens with zero attached hydrogens (tertiary/aromatic N) is 1. The maximum atomic E-state index is 12.5. The molecule has 1 aromatic heterocycles. The van der Waals surface area contributed by atoms with Gasteiger partial charge in [0.25, 0.3) is 0 Å². The molecule has 0 amide bonds. The number of hydrogen-bond donors (Lipinski definition) is 0. The Morgan fingerprint density at radius 1 is 1.13 bits per heavy atom. The quantitative estimate of drug-likeness (QED) is 0.830. The minimum absolute atomic E-state index is 0.494. The molecule has 1 aromatic carbocycles. The number of thiophene rings is 1. The van der Waals surface area contributed by atoms with E-state index in [-0.39, 0.29) is 0 Å². The van der Waals surface area contributed by atoms with Gasteiger partial charge in [0.05, 0.1) is 0 Å². The molecule has 2 heterocycles. The molecular formula is C18H21NO2S2. The second-order valence-electron chi connectivity index (χ2n) is 5.99. The number of piperidine rings is 1. The summed E-state index contributed by atoms with van der Waals surface area (Å²) in [6.45, 7) is 3.21. The predicted molar refractivity (Wildman–Crippen MR) is 97.0 cm³/mol. The first kappa shape index (κ1) is 16.4. The maximum absolute atomic E-state index is 12.5. The average molecular weight is 348 g/mol. The predicted octanol–water partition coefficient (Wildman–Crippen LogP) is 4.24. The Labute approximate surface area is 142 Å². The third-order valence-corrected chi connectivity index (χ3v) is 6.60. The van der Waals surface area contributed by atoms with Gasteiger partial charge in [0.15, 0.2) is 0 Å². The summed E-state index contributed by atoms with van der Waals surface area (Å²) in [5.41, 5.74) is 3.43. The Kier molecular flexibility index (Phi) is 4.99. The smallest absolute Gasteiger partial charge is 0.208 e. The van der Waals surface area contributed by atoms with Gasteiger partial charge in [-0.2, -0.15) is 15.6 Å². The van der Waals surface area contributed by atoms with Crippen LogP contribution in [0.2, 0.25) is 0 Å². The number of hydrogen-bond acceptors (Lipinski definition) is 3. The average Bonchev–Trinajstić information content (AvgIpc) is 3.09. The van der Waals surface area contributed by atoms with Gasteiger partial charge in [0.1, 0.15) is 0 Å². The molecule has 2 aromatic rings. The van der Waals surface area contributed by atoms with Crippen molar-refractivity contribution in [3.8, 4) is 0 Å². The number of benzene rings is 1. The van der Waals surface area contributed by atoms with E-state index in [1.54, 1.807) is 21.7 Å². The van der Waals surface area contributed by atoms with E-state index in [0.29, 0.717) is 19.0 Å². The van der Waals surface area contributed by atoms with E-state index in [9.17, 15) is 8.42 Å². The van der Waals surface area contributed by atoms with Crippen LogP contribution in [0.5, 0.6) is 0 Å². The lowest BCUT2D eigenvalue weighted by Gasteiger charge is -2.30. The highest BCUT2D eigenvalue weighted by molar-refractivity contribution is 7.92. The summed E-state index contributed by atoms with van der Waals surface area (Å²) in [6, 6.07) is 9.99. The van der Waals surface area contributed by atoms with Gasteiger partial charge in [-0.05, 0) is 59.7 Å². The largest absolute Gasteiger partial charge is 0.236 e. The molecule has 0 spiro atoms. The second kappa shape index (κ2) is 6.99. The Morgan fingerprint density at radius 3 is 2.43 bits per heavy atom. The fourth-order valence-electron chi connectivity index (χ4n) is 2.88. The van der Waals surface area contributed by atoms with Gasteiger partial charge < -0.3 is 0 Å². The first-order chi connectivity index (χ1) is 11.0. The Bertz CT molecular complexity index is 754. The van der Waals surface area contributed by atoms with E-state index >= 15 is 0 Å². The van der Waals surface area contributed by atoms with E-state index in [4.69, 9.17) is 0 Å². The molecule has 3 rings (SSSR count). The van der Waals surface area contributed by atoms with Crippen molar-refractivity contribution >= 4 is 27.4 Å². The van der Waals surface area contributed by atoms with Crippen LogP contribution in [-0.4, -0.2) is 25.8 Å². The van der Waals surface area contributed by atoms with Gasteiger partial charge in [-0.1, -0.05) is 29.8 Å². The Morgan fingerprint density at radius 2 is 1.83 bits per heavy atom. The maximum Gasteiger partial charge on any atom is 0.236 e. The van der Waals surface area contributed by atoms with Crippen LogP contribution in [0.25, 0.3) is 6.08 Å². The lowest BCUT2D eigenvalue weighted by Crippen LogP contribution is -2.36. The van der Waals surface area contributed by atoms with E-state index in [1.165, 1.54) is 16.5 Å². The molecule has 23 heavy (non-hydrogen) atoms. The summed E-state index contributed by atoms with van der Waals surface area (Å²) < 4.78 is 26.5. The highest BCUT2D eigenvalue weighted by Crippen LogP contribution is 2.30. The van der Waals surface area contributed by atoms with Gasteiger partial charge in [0.2, 0.25) is 10.0 Å². The summed E-state index contributed by atoms with van der Waals surface area (Å²) in [5, 5.41) is 5.59. The fraction of sp³-hybridized carbons (Fsp3) is 0.333. The van der Waals surface area contributed by atoms with Crippen molar-refractivity contribution in [3.05, 3.63) is 63.2 Å². The zero-order valence-electron chi connectivity index (χ0n) is 13.2. The first-order valence-corrected chi connectivity index (χ1v) is 10.3. The van der Waals surface area contributed by atoms with E-state index < -0.39 is 10.0 Å². The fourth-order valence-corrected chi connectivity index (χ4v) is 4.84. The molecule has 1 aliphatic rings. The molecule has 5 heteroatoms. The van der Waals surface area contributed by atoms with Crippen LogP contribution < -0.4 is 0 Å². The van der Waals surface area contributed by atoms with E-state index in [1.807, 2.05) is 31.2 Å². The third-order valence-electron chi connectivity index (χ3n) is 4.34. The number of sulfonamides is 1. The van der Waals surface area contributed by atoms with Gasteiger partial charge in [0, 0.05) is 18.5 Å². The summed E-state index contributed by atoms with van der Waals surface area (Å²) in [5.74, 6) is 0.494. The molecule has 1 fully saturated rings. The molecule has 122 valence electrons. The lowest BCUT2D eigenvalue weighted by molar-refractivity contribution is 0.323. The minimum Gasteiger partial charge on any atom is -0.208 e. The first-order valence-electron chi connectivity index (χ1n) is 7.81. The summed E-state index contributed by atoms with van der Waals surface area (Å²) in [7, 11) is -3.33. The van der Waals surface area contributed by atoms with Crippen molar-refractivity contribution < 1.29 is 8.42 Å². The van der Waals surface area contributed by atoms with Gasteiger partial charge in [-0.15, -0.1) is 0 Å². The lowest BCUT2D eigenvalue weighted by atomic mass is 9.92. The Hall–Kier alpha value is -1.43. The van der Waals surface area contributed by atoms with E-state index in [2.05, 4.69) is 16.8 Å². The third kappa shape index (κ3) is 4.10. The van der Waals surface area contributed by atoms with Crippen LogP contribution in [0.15, 0.2) is 46.5 Å². The van der Waals surface area contributed by atoms with Crippen molar-refractivity contribution in [1.82, 2.24) is 4.31 Å². The second-order valence-corrected chi connectivity index (χ2v) is 8.59. The summed E-state index contributed by atoms with van der Waals surface area (Å²) in [6.07, 6.45) is 3.47. The van der Waals surface area contributed by atoms with Gasteiger partial charge in [-0.3, -0.25) is 0 Å². The highest BCUT2D eigenvalue weighted by Gasteiger charge is 2.27. The van der Waals surface area contributed by atoms with Crippen LogP contribution in [0.3, 0.4) is 0 Å². The van der Waals surface area contributed by atoms with E-state index in [0.717, 1.165) is 18.4 Å². The van der Waals surface area contributed by atoms with Crippen LogP contribution in [0, 0.1) is 6.92 Å². The highest BCUT2D eigenvalue weighted by atomic mass is 32.2. The van der Waals surface area contributed by atoms with Crippen molar-refractivity contribution in [2.75, 3.05) is 13.1 Å².